The maximum absolute atomic E-state index is 12.8. The number of ether oxygens (including phenoxy) is 1. The van der Waals surface area contributed by atoms with Crippen molar-refractivity contribution >= 4 is 16.1 Å². The predicted molar refractivity (Wildman–Crippen MR) is 102 cm³/mol. The van der Waals surface area contributed by atoms with Crippen LogP contribution in [-0.2, 0) is 26.1 Å². The standard InChI is InChI=1S/C21H18O5S/c1-25-21(22)15-16-11-13-18(14-12-16)26-27(23,24)20-10-6-5-9-19(20)17-7-3-2-4-8-17/h2-14H,15H2,1H3. The molecule has 0 saturated heterocycles. The first-order chi connectivity index (χ1) is 13.0. The van der Waals surface area contributed by atoms with Gasteiger partial charge in [-0.15, -0.1) is 0 Å². The van der Waals surface area contributed by atoms with Crippen LogP contribution in [0.2, 0.25) is 0 Å². The quantitative estimate of drug-likeness (QED) is 0.479. The van der Waals surface area contributed by atoms with Crippen LogP contribution in [-0.4, -0.2) is 21.5 Å². The van der Waals surface area contributed by atoms with Crippen molar-refractivity contribution < 1.29 is 22.1 Å². The van der Waals surface area contributed by atoms with E-state index in [-0.39, 0.29) is 23.0 Å². The maximum Gasteiger partial charge on any atom is 0.339 e. The average Bonchev–Trinajstić information content (AvgIpc) is 2.70. The summed E-state index contributed by atoms with van der Waals surface area (Å²) in [5.41, 5.74) is 2.06. The van der Waals surface area contributed by atoms with Gasteiger partial charge in [0.15, 0.2) is 0 Å². The molecule has 0 unspecified atom stereocenters. The van der Waals surface area contributed by atoms with Gasteiger partial charge in [-0.25, -0.2) is 0 Å². The van der Waals surface area contributed by atoms with E-state index in [1.165, 1.54) is 25.3 Å². The van der Waals surface area contributed by atoms with Crippen molar-refractivity contribution in [1.82, 2.24) is 0 Å². The van der Waals surface area contributed by atoms with Gasteiger partial charge < -0.3 is 8.92 Å². The van der Waals surface area contributed by atoms with E-state index >= 15 is 0 Å². The highest BCUT2D eigenvalue weighted by Gasteiger charge is 2.21. The second kappa shape index (κ2) is 8.05. The first-order valence-corrected chi connectivity index (χ1v) is 9.65. The number of methoxy groups -OCH3 is 1. The minimum atomic E-state index is -4.02. The summed E-state index contributed by atoms with van der Waals surface area (Å²) in [6, 6.07) is 22.2. The molecule has 0 spiro atoms. The van der Waals surface area contributed by atoms with Gasteiger partial charge in [0, 0.05) is 5.56 Å². The first-order valence-electron chi connectivity index (χ1n) is 8.24. The second-order valence-electron chi connectivity index (χ2n) is 5.80. The second-order valence-corrected chi connectivity index (χ2v) is 7.31. The highest BCUT2D eigenvalue weighted by molar-refractivity contribution is 7.87. The molecule has 0 aromatic heterocycles. The predicted octanol–water partition coefficient (Wildman–Crippen LogP) is 3.84. The minimum absolute atomic E-state index is 0.0924. The summed E-state index contributed by atoms with van der Waals surface area (Å²) in [5.74, 6) is -0.195. The Kier molecular flexibility index (Phi) is 5.57. The Labute approximate surface area is 158 Å². The van der Waals surface area contributed by atoms with Gasteiger partial charge in [-0.3, -0.25) is 4.79 Å². The Morgan fingerprint density at radius 2 is 1.48 bits per heavy atom. The summed E-state index contributed by atoms with van der Waals surface area (Å²) in [7, 11) is -2.71. The molecule has 0 amide bonds. The van der Waals surface area contributed by atoms with Gasteiger partial charge in [0.1, 0.15) is 10.6 Å². The van der Waals surface area contributed by atoms with E-state index in [4.69, 9.17) is 4.18 Å². The molecule has 0 atom stereocenters. The molecule has 0 bridgehead atoms. The molecule has 0 heterocycles. The SMILES string of the molecule is COC(=O)Cc1ccc(OS(=O)(=O)c2ccccc2-c2ccccc2)cc1. The van der Waals surface area contributed by atoms with E-state index in [1.54, 1.807) is 30.3 Å². The minimum Gasteiger partial charge on any atom is -0.469 e. The van der Waals surface area contributed by atoms with Gasteiger partial charge >= 0.3 is 16.1 Å². The molecule has 27 heavy (non-hydrogen) atoms. The average molecular weight is 382 g/mol. The summed E-state index contributed by atoms with van der Waals surface area (Å²) in [6.45, 7) is 0. The number of carbonyl (C=O) groups is 1. The van der Waals surface area contributed by atoms with Crippen LogP contribution < -0.4 is 4.18 Å². The van der Waals surface area contributed by atoms with Crippen LogP contribution >= 0.6 is 0 Å². The zero-order valence-electron chi connectivity index (χ0n) is 14.7. The lowest BCUT2D eigenvalue weighted by Crippen LogP contribution is -2.11. The van der Waals surface area contributed by atoms with Crippen molar-refractivity contribution in [3.8, 4) is 16.9 Å². The zero-order chi connectivity index (χ0) is 19.3. The highest BCUT2D eigenvalue weighted by atomic mass is 32.2. The van der Waals surface area contributed by atoms with E-state index < -0.39 is 10.1 Å². The van der Waals surface area contributed by atoms with Crippen molar-refractivity contribution in [3.05, 3.63) is 84.4 Å². The summed E-state index contributed by atoms with van der Waals surface area (Å²) >= 11 is 0. The van der Waals surface area contributed by atoms with Gasteiger partial charge in [0.05, 0.1) is 13.5 Å². The molecule has 3 rings (SSSR count). The summed E-state index contributed by atoms with van der Waals surface area (Å²) in [6.07, 6.45) is 0.111. The van der Waals surface area contributed by atoms with Gasteiger partial charge in [-0.1, -0.05) is 60.7 Å². The number of carbonyl (C=O) groups excluding carboxylic acids is 1. The van der Waals surface area contributed by atoms with Gasteiger partial charge in [0.2, 0.25) is 0 Å². The maximum atomic E-state index is 12.8. The van der Waals surface area contributed by atoms with E-state index in [0.29, 0.717) is 11.1 Å². The molecular weight excluding hydrogens is 364 g/mol. The van der Waals surface area contributed by atoms with E-state index in [1.807, 2.05) is 30.3 Å². The number of benzene rings is 3. The molecule has 0 N–H and O–H groups in total. The van der Waals surface area contributed by atoms with Gasteiger partial charge in [0.25, 0.3) is 0 Å². The van der Waals surface area contributed by atoms with E-state index in [0.717, 1.165) is 5.56 Å². The van der Waals surface area contributed by atoms with Crippen LogP contribution in [0.1, 0.15) is 5.56 Å². The van der Waals surface area contributed by atoms with Crippen LogP contribution in [0.15, 0.2) is 83.8 Å². The van der Waals surface area contributed by atoms with Crippen LogP contribution in [0, 0.1) is 0 Å². The number of hydrogen-bond acceptors (Lipinski definition) is 5. The molecule has 138 valence electrons. The molecule has 0 radical (unpaired) electrons. The lowest BCUT2D eigenvalue weighted by atomic mass is 10.1. The molecule has 0 fully saturated rings. The van der Waals surface area contributed by atoms with E-state index in [9.17, 15) is 13.2 Å². The van der Waals surface area contributed by atoms with Crippen LogP contribution in [0.3, 0.4) is 0 Å². The lowest BCUT2D eigenvalue weighted by molar-refractivity contribution is -0.139. The fourth-order valence-corrected chi connectivity index (χ4v) is 3.77. The molecule has 5 nitrogen and oxygen atoms in total. The number of rotatable bonds is 6. The molecule has 0 aliphatic carbocycles. The van der Waals surface area contributed by atoms with Gasteiger partial charge in [-0.2, -0.15) is 8.42 Å². The molecule has 3 aromatic carbocycles. The number of esters is 1. The largest absolute Gasteiger partial charge is 0.469 e. The Bertz CT molecular complexity index is 1030. The third kappa shape index (κ3) is 4.54. The van der Waals surface area contributed by atoms with Crippen molar-refractivity contribution in [2.45, 2.75) is 11.3 Å². The third-order valence-electron chi connectivity index (χ3n) is 3.95. The topological polar surface area (TPSA) is 69.7 Å². The molecule has 0 aliphatic rings. The molecular formula is C21H18O5S. The molecule has 0 saturated carbocycles. The van der Waals surface area contributed by atoms with Crippen LogP contribution in [0.4, 0.5) is 0 Å². The molecule has 6 heteroatoms. The Hall–Kier alpha value is -3.12. The van der Waals surface area contributed by atoms with Crippen molar-refractivity contribution in [2.75, 3.05) is 7.11 Å². The molecule has 3 aromatic rings. The third-order valence-corrected chi connectivity index (χ3v) is 5.25. The first kappa shape index (κ1) is 18.7. The van der Waals surface area contributed by atoms with Crippen molar-refractivity contribution in [3.63, 3.8) is 0 Å². The fraction of sp³-hybridized carbons (Fsp3) is 0.0952. The highest BCUT2D eigenvalue weighted by Crippen LogP contribution is 2.29. The van der Waals surface area contributed by atoms with Crippen LogP contribution in [0.25, 0.3) is 11.1 Å². The fourth-order valence-electron chi connectivity index (χ4n) is 2.61. The number of hydrogen-bond donors (Lipinski definition) is 0. The Morgan fingerprint density at radius 1 is 0.852 bits per heavy atom. The smallest absolute Gasteiger partial charge is 0.339 e. The summed E-state index contributed by atoms with van der Waals surface area (Å²) in [4.78, 5) is 11.4. The van der Waals surface area contributed by atoms with E-state index in [2.05, 4.69) is 4.74 Å². The summed E-state index contributed by atoms with van der Waals surface area (Å²) < 4.78 is 35.5. The lowest BCUT2D eigenvalue weighted by Gasteiger charge is -2.12. The Morgan fingerprint density at radius 3 is 2.15 bits per heavy atom. The monoisotopic (exact) mass is 382 g/mol. The van der Waals surface area contributed by atoms with Crippen LogP contribution in [0.5, 0.6) is 5.75 Å². The Balaban J connectivity index is 1.87. The zero-order valence-corrected chi connectivity index (χ0v) is 15.5. The van der Waals surface area contributed by atoms with Crippen molar-refractivity contribution in [2.24, 2.45) is 0 Å². The van der Waals surface area contributed by atoms with Gasteiger partial charge in [-0.05, 0) is 29.3 Å². The van der Waals surface area contributed by atoms with Crippen molar-refractivity contribution in [1.29, 1.82) is 0 Å². The molecule has 0 aliphatic heterocycles. The normalized spacial score (nSPS) is 11.0. The summed E-state index contributed by atoms with van der Waals surface area (Å²) in [5, 5.41) is 0.